The van der Waals surface area contributed by atoms with Gasteiger partial charge in [-0.2, -0.15) is 0 Å². The number of hydrogen-bond donors (Lipinski definition) is 1. The first kappa shape index (κ1) is 12.0. The Balaban J connectivity index is 2.03. The van der Waals surface area contributed by atoms with Gasteiger partial charge in [-0.3, -0.25) is 4.79 Å². The summed E-state index contributed by atoms with van der Waals surface area (Å²) < 4.78 is 0. The van der Waals surface area contributed by atoms with E-state index in [1.165, 1.54) is 6.07 Å². The number of hydrogen-bond acceptors (Lipinski definition) is 2. The van der Waals surface area contributed by atoms with Crippen molar-refractivity contribution in [1.82, 2.24) is 0 Å². The van der Waals surface area contributed by atoms with Crippen LogP contribution in [0, 0.1) is 0 Å². The lowest BCUT2D eigenvalue weighted by atomic mass is 10.1. The molecule has 2 aromatic rings. The number of benzene rings is 2. The summed E-state index contributed by atoms with van der Waals surface area (Å²) in [6.07, 6.45) is 2.40. The number of ketones is 1. The van der Waals surface area contributed by atoms with Crippen molar-refractivity contribution < 1.29 is 9.90 Å². The molecule has 2 nitrogen and oxygen atoms in total. The third-order valence-electron chi connectivity index (χ3n) is 3.25. The summed E-state index contributed by atoms with van der Waals surface area (Å²) >= 11 is 6.09. The van der Waals surface area contributed by atoms with Crippen LogP contribution in [0.1, 0.15) is 21.5 Å². The van der Waals surface area contributed by atoms with E-state index in [0.717, 1.165) is 11.1 Å². The lowest BCUT2D eigenvalue weighted by Gasteiger charge is -1.99. The van der Waals surface area contributed by atoms with Crippen LogP contribution in [0.15, 0.2) is 48.0 Å². The molecule has 0 aromatic heterocycles. The van der Waals surface area contributed by atoms with E-state index < -0.39 is 0 Å². The summed E-state index contributed by atoms with van der Waals surface area (Å²) in [5, 5.41) is 10.1. The Hall–Kier alpha value is -2.06. The largest absolute Gasteiger partial charge is 0.508 e. The predicted octanol–water partition coefficient (Wildman–Crippen LogP) is 3.87. The highest BCUT2D eigenvalue weighted by Gasteiger charge is 2.25. The van der Waals surface area contributed by atoms with Gasteiger partial charge in [0.25, 0.3) is 0 Å². The van der Waals surface area contributed by atoms with Crippen LogP contribution in [-0.4, -0.2) is 10.9 Å². The minimum atomic E-state index is -0.0363. The van der Waals surface area contributed by atoms with Crippen molar-refractivity contribution in [2.24, 2.45) is 0 Å². The Kier molecular flexibility index (Phi) is 2.88. The zero-order chi connectivity index (χ0) is 13.4. The second-order valence-electron chi connectivity index (χ2n) is 4.54. The lowest BCUT2D eigenvalue weighted by molar-refractivity contribution is 0.104. The van der Waals surface area contributed by atoms with E-state index in [-0.39, 0.29) is 11.5 Å². The van der Waals surface area contributed by atoms with Crippen LogP contribution in [-0.2, 0) is 6.42 Å². The van der Waals surface area contributed by atoms with Crippen LogP contribution in [0.5, 0.6) is 5.75 Å². The first-order valence-corrected chi connectivity index (χ1v) is 6.34. The average Bonchev–Trinajstić information content (AvgIpc) is 2.70. The number of rotatable bonds is 1. The van der Waals surface area contributed by atoms with Crippen LogP contribution in [0.3, 0.4) is 0 Å². The average molecular weight is 271 g/mol. The normalized spacial score (nSPS) is 15.8. The third kappa shape index (κ3) is 2.15. The SMILES string of the molecule is O=C1/C(=C/c2ccccc2Cl)Cc2ccc(O)cc21. The molecule has 94 valence electrons. The fourth-order valence-corrected chi connectivity index (χ4v) is 2.48. The number of carbonyl (C=O) groups excluding carboxylic acids is 1. The van der Waals surface area contributed by atoms with Crippen molar-refractivity contribution in [1.29, 1.82) is 0 Å². The van der Waals surface area contributed by atoms with E-state index in [4.69, 9.17) is 11.6 Å². The quantitative estimate of drug-likeness (QED) is 0.799. The zero-order valence-corrected chi connectivity index (χ0v) is 10.8. The fourth-order valence-electron chi connectivity index (χ4n) is 2.28. The number of halogens is 1. The maximum absolute atomic E-state index is 12.2. The van der Waals surface area contributed by atoms with Gasteiger partial charge in [-0.05, 0) is 35.4 Å². The molecule has 3 rings (SSSR count). The van der Waals surface area contributed by atoms with E-state index in [9.17, 15) is 9.90 Å². The highest BCUT2D eigenvalue weighted by atomic mass is 35.5. The lowest BCUT2D eigenvalue weighted by Crippen LogP contribution is -1.95. The van der Waals surface area contributed by atoms with Gasteiger partial charge in [-0.25, -0.2) is 0 Å². The molecule has 0 saturated carbocycles. The van der Waals surface area contributed by atoms with Crippen LogP contribution in [0.25, 0.3) is 6.08 Å². The van der Waals surface area contributed by atoms with E-state index in [1.54, 1.807) is 18.2 Å². The van der Waals surface area contributed by atoms with Gasteiger partial charge in [-0.1, -0.05) is 35.9 Å². The molecule has 0 unspecified atom stereocenters. The summed E-state index contributed by atoms with van der Waals surface area (Å²) in [6, 6.07) is 12.3. The van der Waals surface area contributed by atoms with Crippen molar-refractivity contribution in [2.45, 2.75) is 6.42 Å². The molecular weight excluding hydrogens is 260 g/mol. The van der Waals surface area contributed by atoms with Gasteiger partial charge in [0, 0.05) is 22.6 Å². The maximum atomic E-state index is 12.2. The molecule has 0 saturated heterocycles. The molecule has 19 heavy (non-hydrogen) atoms. The molecule has 0 amide bonds. The molecule has 0 aliphatic heterocycles. The van der Waals surface area contributed by atoms with Crippen LogP contribution < -0.4 is 0 Å². The Morgan fingerprint density at radius 3 is 2.74 bits per heavy atom. The highest BCUT2D eigenvalue weighted by Crippen LogP contribution is 2.31. The topological polar surface area (TPSA) is 37.3 Å². The molecular formula is C16H11ClO2. The summed E-state index contributed by atoms with van der Waals surface area (Å²) in [7, 11) is 0. The van der Waals surface area contributed by atoms with Crippen LogP contribution in [0.4, 0.5) is 0 Å². The van der Waals surface area contributed by atoms with Crippen LogP contribution in [0.2, 0.25) is 5.02 Å². The predicted molar refractivity (Wildman–Crippen MR) is 75.6 cm³/mol. The molecule has 0 heterocycles. The second kappa shape index (κ2) is 4.56. The number of allylic oxidation sites excluding steroid dienone is 1. The molecule has 1 aliphatic rings. The summed E-state index contributed by atoms with van der Waals surface area (Å²) in [4.78, 5) is 12.2. The number of phenolic OH excluding ortho intramolecular Hbond substituents is 1. The molecule has 1 N–H and O–H groups in total. The number of carbonyl (C=O) groups is 1. The smallest absolute Gasteiger partial charge is 0.189 e. The number of phenols is 1. The monoisotopic (exact) mass is 270 g/mol. The van der Waals surface area contributed by atoms with Gasteiger partial charge >= 0.3 is 0 Å². The zero-order valence-electron chi connectivity index (χ0n) is 10.1. The first-order valence-electron chi connectivity index (χ1n) is 5.97. The van der Waals surface area contributed by atoms with Crippen LogP contribution >= 0.6 is 11.6 Å². The fraction of sp³-hybridized carbons (Fsp3) is 0.0625. The Morgan fingerprint density at radius 2 is 1.95 bits per heavy atom. The van der Waals surface area contributed by atoms with Gasteiger partial charge in [0.15, 0.2) is 5.78 Å². The van der Waals surface area contributed by atoms with E-state index in [2.05, 4.69) is 0 Å². The maximum Gasteiger partial charge on any atom is 0.189 e. The van der Waals surface area contributed by atoms with Crippen molar-refractivity contribution in [2.75, 3.05) is 0 Å². The minimum absolute atomic E-state index is 0.0363. The molecule has 0 atom stereocenters. The van der Waals surface area contributed by atoms with Gasteiger partial charge in [-0.15, -0.1) is 0 Å². The Morgan fingerprint density at radius 1 is 1.16 bits per heavy atom. The van der Waals surface area contributed by atoms with Gasteiger partial charge in [0.2, 0.25) is 0 Å². The van der Waals surface area contributed by atoms with Crippen molar-refractivity contribution >= 4 is 23.5 Å². The summed E-state index contributed by atoms with van der Waals surface area (Å²) in [6.45, 7) is 0. The molecule has 1 aliphatic carbocycles. The summed E-state index contributed by atoms with van der Waals surface area (Å²) in [5.41, 5.74) is 3.07. The first-order chi connectivity index (χ1) is 9.15. The molecule has 2 aromatic carbocycles. The molecule has 0 bridgehead atoms. The van der Waals surface area contributed by atoms with Crippen molar-refractivity contribution in [3.05, 3.63) is 69.8 Å². The third-order valence-corrected chi connectivity index (χ3v) is 3.59. The number of Topliss-reactive ketones (excluding diaryl/α,β-unsaturated/α-hetero) is 1. The molecule has 0 radical (unpaired) electrons. The highest BCUT2D eigenvalue weighted by molar-refractivity contribution is 6.32. The second-order valence-corrected chi connectivity index (χ2v) is 4.95. The molecule has 3 heteroatoms. The summed E-state index contributed by atoms with van der Waals surface area (Å²) in [5.74, 6) is 0.0805. The van der Waals surface area contributed by atoms with Gasteiger partial charge in [0.05, 0.1) is 0 Å². The molecule has 0 fully saturated rings. The minimum Gasteiger partial charge on any atom is -0.508 e. The van der Waals surface area contributed by atoms with Gasteiger partial charge in [0.1, 0.15) is 5.75 Å². The standard InChI is InChI=1S/C16H11ClO2/c17-15-4-2-1-3-11(15)8-12-7-10-5-6-13(18)9-14(10)16(12)19/h1-6,8-9,18H,7H2/b12-8+. The number of aromatic hydroxyl groups is 1. The van der Waals surface area contributed by atoms with Crippen molar-refractivity contribution in [3.8, 4) is 5.75 Å². The van der Waals surface area contributed by atoms with Crippen molar-refractivity contribution in [3.63, 3.8) is 0 Å². The van der Waals surface area contributed by atoms with Gasteiger partial charge < -0.3 is 5.11 Å². The number of fused-ring (bicyclic) bond motifs is 1. The van der Waals surface area contributed by atoms with E-state index >= 15 is 0 Å². The van der Waals surface area contributed by atoms with E-state index in [0.29, 0.717) is 22.6 Å². The Labute approximate surface area is 116 Å². The van der Waals surface area contributed by atoms with E-state index in [1.807, 2.05) is 24.3 Å². The molecule has 0 spiro atoms. The Bertz CT molecular complexity index is 702.